The first kappa shape index (κ1) is 16.0. The molecule has 4 rings (SSSR count). The number of rotatable bonds is 3. The lowest BCUT2D eigenvalue weighted by Crippen LogP contribution is -2.68. The Bertz CT molecular complexity index is 727. The van der Waals surface area contributed by atoms with E-state index in [1.807, 2.05) is 0 Å². The topological polar surface area (TPSA) is 3.24 Å². The predicted octanol–water partition coefficient (Wildman–Crippen LogP) is 6.13. The van der Waals surface area contributed by atoms with Crippen molar-refractivity contribution in [3.05, 3.63) is 58.8 Å². The summed E-state index contributed by atoms with van der Waals surface area (Å²) in [6.07, 6.45) is 10.1. The summed E-state index contributed by atoms with van der Waals surface area (Å²) >= 11 is 0. The quantitative estimate of drug-likeness (QED) is 0.647. The number of hydrogen-bond acceptors (Lipinski definition) is 1. The van der Waals surface area contributed by atoms with E-state index in [2.05, 4.69) is 76.1 Å². The lowest BCUT2D eigenvalue weighted by Gasteiger charge is -2.67. The highest BCUT2D eigenvalue weighted by molar-refractivity contribution is 5.51. The van der Waals surface area contributed by atoms with Gasteiger partial charge in [0.2, 0.25) is 0 Å². The first-order chi connectivity index (χ1) is 11.4. The second kappa shape index (κ2) is 5.25. The van der Waals surface area contributed by atoms with Crippen LogP contribution in [0.4, 0.5) is 0 Å². The smallest absolute Gasteiger partial charge is 0.0735 e. The standard InChI is InChI=1S/C23H31N/c1-6-16(2)13-18-14-21-19-9-7-8-10-20(19)22(4)11-12-23(22,5)24(21)15-17(18)3/h7-10,14-16,21H,6,11-13H2,1-5H3. The highest BCUT2D eigenvalue weighted by Gasteiger charge is 2.61. The van der Waals surface area contributed by atoms with E-state index in [-0.39, 0.29) is 5.54 Å². The third-order valence-corrected chi connectivity index (χ3v) is 7.51. The van der Waals surface area contributed by atoms with Crippen LogP contribution < -0.4 is 0 Å². The molecule has 1 aromatic rings. The van der Waals surface area contributed by atoms with Crippen molar-refractivity contribution in [1.82, 2.24) is 4.90 Å². The molecule has 4 atom stereocenters. The van der Waals surface area contributed by atoms with Gasteiger partial charge in [0.05, 0.1) is 6.04 Å². The summed E-state index contributed by atoms with van der Waals surface area (Å²) in [5.74, 6) is 0.759. The lowest BCUT2D eigenvalue weighted by atomic mass is 9.49. The zero-order chi connectivity index (χ0) is 17.1. The number of allylic oxidation sites excluding steroid dienone is 2. The Morgan fingerprint density at radius 3 is 2.62 bits per heavy atom. The molecule has 1 saturated carbocycles. The second-order valence-corrected chi connectivity index (χ2v) is 8.77. The van der Waals surface area contributed by atoms with Crippen molar-refractivity contribution in [2.45, 2.75) is 77.3 Å². The molecule has 2 heterocycles. The van der Waals surface area contributed by atoms with E-state index < -0.39 is 0 Å². The van der Waals surface area contributed by atoms with E-state index in [1.165, 1.54) is 36.8 Å². The molecule has 128 valence electrons. The van der Waals surface area contributed by atoms with Crippen LogP contribution in [0, 0.1) is 5.92 Å². The molecule has 0 amide bonds. The van der Waals surface area contributed by atoms with Crippen LogP contribution in [-0.4, -0.2) is 10.4 Å². The first-order valence-electron chi connectivity index (χ1n) is 9.68. The van der Waals surface area contributed by atoms with Crippen molar-refractivity contribution < 1.29 is 0 Å². The Kier molecular flexibility index (Phi) is 3.50. The summed E-state index contributed by atoms with van der Waals surface area (Å²) < 4.78 is 0. The first-order valence-corrected chi connectivity index (χ1v) is 9.68. The average molecular weight is 322 g/mol. The Labute approximate surface area is 147 Å². The lowest BCUT2D eigenvalue weighted by molar-refractivity contribution is -0.0506. The number of fused-ring (bicyclic) bond motifs is 6. The molecule has 24 heavy (non-hydrogen) atoms. The maximum atomic E-state index is 2.69. The van der Waals surface area contributed by atoms with Crippen LogP contribution in [0.15, 0.2) is 47.7 Å². The van der Waals surface area contributed by atoms with E-state index in [4.69, 9.17) is 0 Å². The minimum atomic E-state index is 0.256. The average Bonchev–Trinajstić information content (AvgIpc) is 2.59. The van der Waals surface area contributed by atoms with E-state index in [9.17, 15) is 0 Å². The minimum absolute atomic E-state index is 0.256. The fourth-order valence-corrected chi connectivity index (χ4v) is 5.17. The molecule has 1 heteroatoms. The van der Waals surface area contributed by atoms with Crippen LogP contribution in [-0.2, 0) is 5.41 Å². The third-order valence-electron chi connectivity index (χ3n) is 7.51. The molecule has 2 aliphatic heterocycles. The molecule has 1 aromatic carbocycles. The molecule has 4 unspecified atom stereocenters. The van der Waals surface area contributed by atoms with Crippen molar-refractivity contribution in [1.29, 1.82) is 0 Å². The van der Waals surface area contributed by atoms with Gasteiger partial charge in [0.1, 0.15) is 0 Å². The van der Waals surface area contributed by atoms with Gasteiger partial charge in [-0.3, -0.25) is 0 Å². The van der Waals surface area contributed by atoms with Gasteiger partial charge in [-0.15, -0.1) is 0 Å². The van der Waals surface area contributed by atoms with Gasteiger partial charge in [-0.1, -0.05) is 57.5 Å². The molecule has 1 aliphatic carbocycles. The van der Waals surface area contributed by atoms with Crippen LogP contribution in [0.5, 0.6) is 0 Å². The van der Waals surface area contributed by atoms with Crippen molar-refractivity contribution in [2.24, 2.45) is 5.92 Å². The van der Waals surface area contributed by atoms with E-state index in [0.29, 0.717) is 11.5 Å². The van der Waals surface area contributed by atoms with Crippen LogP contribution in [0.25, 0.3) is 0 Å². The predicted molar refractivity (Wildman–Crippen MR) is 102 cm³/mol. The highest BCUT2D eigenvalue weighted by Crippen LogP contribution is 2.62. The summed E-state index contributed by atoms with van der Waals surface area (Å²) in [4.78, 5) is 2.69. The summed E-state index contributed by atoms with van der Waals surface area (Å²) in [5, 5.41) is 0. The van der Waals surface area contributed by atoms with Crippen molar-refractivity contribution in [3.63, 3.8) is 0 Å². The molecule has 0 aromatic heterocycles. The molecule has 1 fully saturated rings. The molecule has 0 radical (unpaired) electrons. The van der Waals surface area contributed by atoms with Gasteiger partial charge in [0.15, 0.2) is 0 Å². The zero-order valence-electron chi connectivity index (χ0n) is 15.9. The van der Waals surface area contributed by atoms with Gasteiger partial charge in [-0.2, -0.15) is 0 Å². The summed E-state index contributed by atoms with van der Waals surface area (Å²) in [7, 11) is 0. The summed E-state index contributed by atoms with van der Waals surface area (Å²) in [6.45, 7) is 11.9. The van der Waals surface area contributed by atoms with Crippen LogP contribution in [0.3, 0.4) is 0 Å². The molecular formula is C23H31N. The maximum Gasteiger partial charge on any atom is 0.0735 e. The molecule has 3 aliphatic rings. The van der Waals surface area contributed by atoms with Gasteiger partial charge in [0, 0.05) is 17.2 Å². The number of benzene rings is 1. The molecule has 0 bridgehead atoms. The molecule has 0 spiro atoms. The zero-order valence-corrected chi connectivity index (χ0v) is 15.9. The molecule has 0 N–H and O–H groups in total. The normalized spacial score (nSPS) is 35.0. The number of hydrogen-bond donors (Lipinski definition) is 0. The fourth-order valence-electron chi connectivity index (χ4n) is 5.17. The maximum absolute atomic E-state index is 2.69. The monoisotopic (exact) mass is 321 g/mol. The third kappa shape index (κ3) is 1.93. The summed E-state index contributed by atoms with van der Waals surface area (Å²) in [6, 6.07) is 9.61. The van der Waals surface area contributed by atoms with Gasteiger partial charge < -0.3 is 4.90 Å². The minimum Gasteiger partial charge on any atom is -0.360 e. The Balaban J connectivity index is 1.83. The van der Waals surface area contributed by atoms with Gasteiger partial charge in [-0.25, -0.2) is 0 Å². The molecule has 1 nitrogen and oxygen atoms in total. The van der Waals surface area contributed by atoms with Gasteiger partial charge in [-0.05, 0) is 61.3 Å². The Morgan fingerprint density at radius 1 is 1.21 bits per heavy atom. The second-order valence-electron chi connectivity index (χ2n) is 8.77. The number of nitrogens with zero attached hydrogens (tertiary/aromatic N) is 1. The highest BCUT2D eigenvalue weighted by atomic mass is 15.3. The largest absolute Gasteiger partial charge is 0.360 e. The van der Waals surface area contributed by atoms with Crippen LogP contribution in [0.1, 0.15) is 77.5 Å². The summed E-state index contributed by atoms with van der Waals surface area (Å²) in [5.41, 5.74) is 6.70. The van der Waals surface area contributed by atoms with E-state index in [1.54, 1.807) is 11.1 Å². The van der Waals surface area contributed by atoms with Crippen molar-refractivity contribution in [2.75, 3.05) is 0 Å². The van der Waals surface area contributed by atoms with E-state index >= 15 is 0 Å². The van der Waals surface area contributed by atoms with Gasteiger partial charge in [0.25, 0.3) is 0 Å². The van der Waals surface area contributed by atoms with Crippen molar-refractivity contribution >= 4 is 0 Å². The molecule has 0 saturated heterocycles. The fraction of sp³-hybridized carbons (Fsp3) is 0.565. The van der Waals surface area contributed by atoms with E-state index in [0.717, 1.165) is 5.92 Å². The van der Waals surface area contributed by atoms with Crippen molar-refractivity contribution in [3.8, 4) is 0 Å². The Morgan fingerprint density at radius 2 is 1.96 bits per heavy atom. The molecular weight excluding hydrogens is 290 g/mol. The SMILES string of the molecule is CCC(C)CC1=CC2c3ccccc3C3(C)CCC3(C)N2C=C1C. The Hall–Kier alpha value is -1.50. The van der Waals surface area contributed by atoms with Crippen LogP contribution >= 0.6 is 0 Å². The van der Waals surface area contributed by atoms with Crippen LogP contribution in [0.2, 0.25) is 0 Å². The van der Waals surface area contributed by atoms with Gasteiger partial charge >= 0.3 is 0 Å².